The van der Waals surface area contributed by atoms with Gasteiger partial charge in [-0.25, -0.2) is 0 Å². The number of carbonyl (C=O) groups excluding carboxylic acids is 2. The Balaban J connectivity index is 2.49. The summed E-state index contributed by atoms with van der Waals surface area (Å²) in [4.78, 5) is 23.2. The molecule has 1 aromatic rings. The molecule has 2 amide bonds. The molecule has 1 aromatic carbocycles. The van der Waals surface area contributed by atoms with Crippen molar-refractivity contribution < 1.29 is 9.59 Å². The normalized spacial score (nSPS) is 10.4. The number of halogens is 1. The first kappa shape index (κ1) is 15.7. The van der Waals surface area contributed by atoms with Crippen LogP contribution < -0.4 is 10.6 Å². The number of carbonyl (C=O) groups is 2. The minimum Gasteiger partial charge on any atom is -0.355 e. The maximum atomic E-state index is 11.7. The minimum atomic E-state index is -0.314. The van der Waals surface area contributed by atoms with Crippen molar-refractivity contribution in [3.05, 3.63) is 28.2 Å². The number of rotatable bonds is 5. The lowest BCUT2D eigenvalue weighted by atomic mass is 10.2. The van der Waals surface area contributed by atoms with Crippen molar-refractivity contribution in [2.24, 2.45) is 5.92 Å². The molecule has 0 unspecified atom stereocenters. The third-order valence-corrected chi connectivity index (χ3v) is 3.08. The Morgan fingerprint density at radius 2 is 1.95 bits per heavy atom. The largest absolute Gasteiger partial charge is 0.355 e. The Hall–Kier alpha value is -1.36. The quantitative estimate of drug-likeness (QED) is 0.817. The van der Waals surface area contributed by atoms with E-state index in [-0.39, 0.29) is 18.2 Å². The fourth-order valence-electron chi connectivity index (χ4n) is 1.44. The molecule has 0 saturated carbocycles. The van der Waals surface area contributed by atoms with Crippen LogP contribution in [-0.4, -0.2) is 18.4 Å². The maximum Gasteiger partial charge on any atom is 0.233 e. The monoisotopic (exact) mass is 326 g/mol. The van der Waals surface area contributed by atoms with E-state index >= 15 is 0 Å². The van der Waals surface area contributed by atoms with Crippen LogP contribution in [0.4, 0.5) is 5.69 Å². The predicted molar refractivity (Wildman–Crippen MR) is 80.0 cm³/mol. The zero-order valence-electron chi connectivity index (χ0n) is 11.4. The maximum absolute atomic E-state index is 11.7. The highest BCUT2D eigenvalue weighted by Gasteiger charge is 2.11. The molecule has 19 heavy (non-hydrogen) atoms. The Morgan fingerprint density at radius 1 is 1.26 bits per heavy atom. The second kappa shape index (κ2) is 7.28. The second-order valence-corrected chi connectivity index (χ2v) is 5.76. The van der Waals surface area contributed by atoms with E-state index < -0.39 is 0 Å². The molecule has 0 aromatic heterocycles. The number of aryl methyl sites for hydroxylation is 1. The van der Waals surface area contributed by atoms with E-state index in [0.29, 0.717) is 18.2 Å². The molecule has 4 nitrogen and oxygen atoms in total. The van der Waals surface area contributed by atoms with Crippen molar-refractivity contribution in [1.29, 1.82) is 0 Å². The third kappa shape index (κ3) is 5.87. The van der Waals surface area contributed by atoms with Crippen LogP contribution in [0.25, 0.3) is 0 Å². The van der Waals surface area contributed by atoms with Gasteiger partial charge in [0.15, 0.2) is 0 Å². The molecule has 1 rings (SSSR count). The summed E-state index contributed by atoms with van der Waals surface area (Å²) in [6.45, 7) is 6.56. The molecule has 0 bridgehead atoms. The highest BCUT2D eigenvalue weighted by atomic mass is 79.9. The van der Waals surface area contributed by atoms with Crippen molar-refractivity contribution in [1.82, 2.24) is 5.32 Å². The van der Waals surface area contributed by atoms with Crippen LogP contribution in [0, 0.1) is 12.8 Å². The van der Waals surface area contributed by atoms with Crippen molar-refractivity contribution in [2.75, 3.05) is 11.9 Å². The molecule has 2 N–H and O–H groups in total. The zero-order valence-corrected chi connectivity index (χ0v) is 13.0. The molecular formula is C14H19BrN2O2. The van der Waals surface area contributed by atoms with Gasteiger partial charge in [-0.3, -0.25) is 9.59 Å². The van der Waals surface area contributed by atoms with Gasteiger partial charge in [0.25, 0.3) is 0 Å². The van der Waals surface area contributed by atoms with Crippen LogP contribution in [0.3, 0.4) is 0 Å². The molecule has 0 atom stereocenters. The van der Waals surface area contributed by atoms with Gasteiger partial charge in [0, 0.05) is 11.0 Å². The van der Waals surface area contributed by atoms with Crippen LogP contribution in [0.2, 0.25) is 0 Å². The van der Waals surface area contributed by atoms with Gasteiger partial charge >= 0.3 is 0 Å². The van der Waals surface area contributed by atoms with Gasteiger partial charge in [0.05, 0.1) is 5.69 Å². The number of benzene rings is 1. The summed E-state index contributed by atoms with van der Waals surface area (Å²) in [5, 5.41) is 5.42. The lowest BCUT2D eigenvalue weighted by molar-refractivity contribution is -0.126. The van der Waals surface area contributed by atoms with E-state index in [1.54, 1.807) is 0 Å². The minimum absolute atomic E-state index is 0.160. The molecule has 0 saturated heterocycles. The van der Waals surface area contributed by atoms with Gasteiger partial charge < -0.3 is 10.6 Å². The lowest BCUT2D eigenvalue weighted by Crippen LogP contribution is -2.30. The first-order valence-corrected chi connectivity index (χ1v) is 7.00. The van der Waals surface area contributed by atoms with E-state index in [2.05, 4.69) is 26.6 Å². The lowest BCUT2D eigenvalue weighted by Gasteiger charge is -2.09. The predicted octanol–water partition coefficient (Wildman–Crippen LogP) is 2.86. The molecule has 0 heterocycles. The van der Waals surface area contributed by atoms with Gasteiger partial charge in [-0.05, 0) is 46.5 Å². The zero-order chi connectivity index (χ0) is 14.4. The number of amides is 2. The third-order valence-electron chi connectivity index (χ3n) is 2.43. The van der Waals surface area contributed by atoms with E-state index in [0.717, 1.165) is 10.0 Å². The average Bonchev–Trinajstić information content (AvgIpc) is 2.30. The molecule has 0 aliphatic heterocycles. The highest BCUT2D eigenvalue weighted by Crippen LogP contribution is 2.23. The Labute approximate surface area is 122 Å². The van der Waals surface area contributed by atoms with Crippen molar-refractivity contribution in [2.45, 2.75) is 27.2 Å². The van der Waals surface area contributed by atoms with Crippen molar-refractivity contribution >= 4 is 33.4 Å². The second-order valence-electron chi connectivity index (χ2n) is 4.91. The molecular weight excluding hydrogens is 308 g/mol. The fraction of sp³-hybridized carbons (Fsp3) is 0.429. The molecule has 0 radical (unpaired) electrons. The molecule has 0 spiro atoms. The number of hydrogen-bond donors (Lipinski definition) is 2. The highest BCUT2D eigenvalue weighted by molar-refractivity contribution is 9.10. The SMILES string of the molecule is Cc1ccc(NC(=O)CC(=O)NCC(C)C)c(Br)c1. The Morgan fingerprint density at radius 3 is 2.53 bits per heavy atom. The smallest absolute Gasteiger partial charge is 0.233 e. The number of nitrogens with one attached hydrogen (secondary N) is 2. The van der Waals surface area contributed by atoms with E-state index in [1.807, 2.05) is 39.0 Å². The summed E-state index contributed by atoms with van der Waals surface area (Å²) < 4.78 is 0.809. The number of anilines is 1. The summed E-state index contributed by atoms with van der Waals surface area (Å²) >= 11 is 3.38. The van der Waals surface area contributed by atoms with Gasteiger partial charge in [-0.2, -0.15) is 0 Å². The van der Waals surface area contributed by atoms with Crippen LogP contribution in [0.1, 0.15) is 25.8 Å². The summed E-state index contributed by atoms with van der Waals surface area (Å²) in [5.74, 6) is -0.196. The molecule has 0 fully saturated rings. The van der Waals surface area contributed by atoms with Crippen LogP contribution in [0.15, 0.2) is 22.7 Å². The summed E-state index contributed by atoms with van der Waals surface area (Å²) in [6.07, 6.45) is -0.160. The standard InChI is InChI=1S/C14H19BrN2O2/c1-9(2)8-16-13(18)7-14(19)17-12-5-4-10(3)6-11(12)15/h4-6,9H,7-8H2,1-3H3,(H,16,18)(H,17,19). The summed E-state index contributed by atoms with van der Waals surface area (Å²) in [7, 11) is 0. The molecule has 104 valence electrons. The van der Waals surface area contributed by atoms with Crippen molar-refractivity contribution in [3.63, 3.8) is 0 Å². The fourth-order valence-corrected chi connectivity index (χ4v) is 2.03. The van der Waals surface area contributed by atoms with Crippen LogP contribution >= 0.6 is 15.9 Å². The Bertz CT molecular complexity index is 473. The first-order valence-electron chi connectivity index (χ1n) is 6.21. The van der Waals surface area contributed by atoms with E-state index in [4.69, 9.17) is 0 Å². The average molecular weight is 327 g/mol. The molecule has 5 heteroatoms. The van der Waals surface area contributed by atoms with Gasteiger partial charge in [0.1, 0.15) is 6.42 Å². The topological polar surface area (TPSA) is 58.2 Å². The first-order chi connectivity index (χ1) is 8.88. The van der Waals surface area contributed by atoms with Crippen LogP contribution in [0.5, 0.6) is 0 Å². The Kier molecular flexibility index (Phi) is 6.02. The summed E-state index contributed by atoms with van der Waals surface area (Å²) in [6, 6.07) is 5.62. The van der Waals surface area contributed by atoms with Crippen LogP contribution in [-0.2, 0) is 9.59 Å². The summed E-state index contributed by atoms with van der Waals surface area (Å²) in [5.41, 5.74) is 1.77. The van der Waals surface area contributed by atoms with Crippen molar-refractivity contribution in [3.8, 4) is 0 Å². The van der Waals surface area contributed by atoms with E-state index in [1.165, 1.54) is 0 Å². The van der Waals surface area contributed by atoms with Gasteiger partial charge in [-0.15, -0.1) is 0 Å². The number of hydrogen-bond acceptors (Lipinski definition) is 2. The van der Waals surface area contributed by atoms with E-state index in [9.17, 15) is 9.59 Å². The van der Waals surface area contributed by atoms with Gasteiger partial charge in [-0.1, -0.05) is 19.9 Å². The molecule has 0 aliphatic rings. The molecule has 0 aliphatic carbocycles. The van der Waals surface area contributed by atoms with Gasteiger partial charge in [0.2, 0.25) is 11.8 Å².